The van der Waals surface area contributed by atoms with Crippen molar-refractivity contribution in [1.29, 1.82) is 0 Å². The summed E-state index contributed by atoms with van der Waals surface area (Å²) in [4.78, 5) is 7.89. The molecule has 0 aliphatic heterocycles. The van der Waals surface area contributed by atoms with Crippen molar-refractivity contribution in [3.8, 4) is 11.5 Å². The molecule has 0 spiro atoms. The molecule has 5 nitrogen and oxygen atoms in total. The van der Waals surface area contributed by atoms with E-state index in [1.54, 1.807) is 18.2 Å². The molecule has 0 saturated heterocycles. The Kier molecular flexibility index (Phi) is 7.43. The molecule has 32 heavy (non-hydrogen) atoms. The Balaban J connectivity index is 1.45. The molecule has 0 atom stereocenters. The van der Waals surface area contributed by atoms with E-state index in [0.29, 0.717) is 51.8 Å². The molecule has 4 aromatic rings. The summed E-state index contributed by atoms with van der Waals surface area (Å²) in [5.74, 6) is 1.91. The van der Waals surface area contributed by atoms with E-state index in [0.717, 1.165) is 22.4 Å². The summed E-state index contributed by atoms with van der Waals surface area (Å²) in [6.07, 6.45) is 0. The van der Waals surface area contributed by atoms with Crippen molar-refractivity contribution in [1.82, 2.24) is 15.3 Å². The van der Waals surface area contributed by atoms with Gasteiger partial charge in [0.25, 0.3) is 0 Å². The molecule has 0 fully saturated rings. The number of ether oxygens (including phenoxy) is 2. The van der Waals surface area contributed by atoms with Crippen LogP contribution in [0.15, 0.2) is 54.6 Å². The van der Waals surface area contributed by atoms with Gasteiger partial charge in [-0.15, -0.1) is 0 Å². The summed E-state index contributed by atoms with van der Waals surface area (Å²) >= 11 is 19.0. The fourth-order valence-corrected chi connectivity index (χ4v) is 4.15. The molecule has 3 aromatic carbocycles. The van der Waals surface area contributed by atoms with Gasteiger partial charge in [0.1, 0.15) is 12.4 Å². The van der Waals surface area contributed by atoms with E-state index in [-0.39, 0.29) is 6.61 Å². The molecule has 8 heteroatoms. The zero-order valence-electron chi connectivity index (χ0n) is 17.4. The average Bonchev–Trinajstić information content (AvgIpc) is 3.18. The monoisotopic (exact) mass is 489 g/mol. The van der Waals surface area contributed by atoms with Gasteiger partial charge in [0.2, 0.25) is 0 Å². The van der Waals surface area contributed by atoms with Crippen LogP contribution in [0.25, 0.3) is 11.0 Å². The average molecular weight is 491 g/mol. The van der Waals surface area contributed by atoms with Crippen LogP contribution in [0.4, 0.5) is 0 Å². The maximum absolute atomic E-state index is 6.55. The first-order chi connectivity index (χ1) is 15.5. The number of para-hydroxylation sites is 2. The van der Waals surface area contributed by atoms with Crippen molar-refractivity contribution in [2.75, 3.05) is 6.61 Å². The number of hydrogen-bond acceptors (Lipinski definition) is 4. The number of nitrogens with zero attached hydrogens (tertiary/aromatic N) is 1. The number of aromatic nitrogens is 2. The number of imidazole rings is 1. The minimum Gasteiger partial charge on any atom is -0.490 e. The predicted octanol–water partition coefficient (Wildman–Crippen LogP) is 6.79. The minimum absolute atomic E-state index is 0.182. The van der Waals surface area contributed by atoms with Crippen molar-refractivity contribution in [2.24, 2.45) is 0 Å². The number of nitrogens with one attached hydrogen (secondary N) is 2. The molecule has 0 amide bonds. The number of fused-ring (bicyclic) bond motifs is 1. The molecule has 4 rings (SSSR count). The van der Waals surface area contributed by atoms with Crippen LogP contribution < -0.4 is 14.8 Å². The first-order valence-corrected chi connectivity index (χ1v) is 11.3. The van der Waals surface area contributed by atoms with E-state index in [4.69, 9.17) is 44.3 Å². The molecule has 0 bridgehead atoms. The zero-order chi connectivity index (χ0) is 22.5. The maximum Gasteiger partial charge on any atom is 0.180 e. The first-order valence-electron chi connectivity index (χ1n) is 10.2. The number of benzene rings is 3. The summed E-state index contributed by atoms with van der Waals surface area (Å²) in [6, 6.07) is 17.1. The standard InChI is InChI=1S/C24H22Cl3N3O2/c1-2-31-22-11-15(12-28-13-23-29-20-8-3-4-9-21(20)30-23)10-19(27)24(22)32-14-16-17(25)6-5-7-18(16)26/h3-11,28H,2,12-14H2,1H3,(H,29,30). The lowest BCUT2D eigenvalue weighted by Gasteiger charge is -2.16. The molecule has 1 aromatic heterocycles. The van der Waals surface area contributed by atoms with Crippen LogP contribution in [-0.2, 0) is 19.7 Å². The molecule has 0 aliphatic rings. The summed E-state index contributed by atoms with van der Waals surface area (Å²) < 4.78 is 11.8. The third kappa shape index (κ3) is 5.30. The summed E-state index contributed by atoms with van der Waals surface area (Å²) in [6.45, 7) is 3.76. The highest BCUT2D eigenvalue weighted by Gasteiger charge is 2.15. The Bertz CT molecular complexity index is 1170. The van der Waals surface area contributed by atoms with E-state index in [2.05, 4.69) is 15.3 Å². The van der Waals surface area contributed by atoms with Gasteiger partial charge in [-0.25, -0.2) is 4.98 Å². The highest BCUT2D eigenvalue weighted by atomic mass is 35.5. The molecule has 166 valence electrons. The lowest BCUT2D eigenvalue weighted by Crippen LogP contribution is -2.14. The third-order valence-electron chi connectivity index (χ3n) is 4.85. The van der Waals surface area contributed by atoms with E-state index in [1.807, 2.05) is 43.3 Å². The Labute approximate surface area is 201 Å². The summed E-state index contributed by atoms with van der Waals surface area (Å²) in [7, 11) is 0. The van der Waals surface area contributed by atoms with Crippen LogP contribution in [0.1, 0.15) is 23.9 Å². The van der Waals surface area contributed by atoms with Crippen LogP contribution in [-0.4, -0.2) is 16.6 Å². The summed E-state index contributed by atoms with van der Waals surface area (Å²) in [5, 5.41) is 4.92. The van der Waals surface area contributed by atoms with Gasteiger partial charge in [-0.2, -0.15) is 0 Å². The number of rotatable bonds is 9. The lowest BCUT2D eigenvalue weighted by atomic mass is 10.2. The number of hydrogen-bond donors (Lipinski definition) is 2. The molecule has 2 N–H and O–H groups in total. The van der Waals surface area contributed by atoms with Gasteiger partial charge >= 0.3 is 0 Å². The van der Waals surface area contributed by atoms with Gasteiger partial charge in [-0.1, -0.05) is 53.0 Å². The van der Waals surface area contributed by atoms with Crippen LogP contribution in [0.5, 0.6) is 11.5 Å². The van der Waals surface area contributed by atoms with Crippen LogP contribution in [0, 0.1) is 0 Å². The highest BCUT2D eigenvalue weighted by molar-refractivity contribution is 6.36. The predicted molar refractivity (Wildman–Crippen MR) is 130 cm³/mol. The van der Waals surface area contributed by atoms with Gasteiger partial charge in [-0.3, -0.25) is 0 Å². The normalized spacial score (nSPS) is 11.1. The van der Waals surface area contributed by atoms with Crippen LogP contribution >= 0.6 is 34.8 Å². The van der Waals surface area contributed by atoms with Gasteiger partial charge in [0.15, 0.2) is 11.5 Å². The van der Waals surface area contributed by atoms with Crippen molar-refractivity contribution < 1.29 is 9.47 Å². The fourth-order valence-electron chi connectivity index (χ4n) is 3.36. The largest absolute Gasteiger partial charge is 0.490 e. The smallest absolute Gasteiger partial charge is 0.180 e. The number of H-pyrrole nitrogens is 1. The van der Waals surface area contributed by atoms with Crippen molar-refractivity contribution in [3.63, 3.8) is 0 Å². The van der Waals surface area contributed by atoms with Gasteiger partial charge < -0.3 is 19.8 Å². The molecule has 0 saturated carbocycles. The van der Waals surface area contributed by atoms with E-state index in [9.17, 15) is 0 Å². The maximum atomic E-state index is 6.55. The van der Waals surface area contributed by atoms with Gasteiger partial charge in [-0.05, 0) is 48.9 Å². The van der Waals surface area contributed by atoms with E-state index >= 15 is 0 Å². The SMILES string of the molecule is CCOc1cc(CNCc2nc3ccccc3[nH]2)cc(Cl)c1OCc1c(Cl)cccc1Cl. The van der Waals surface area contributed by atoms with Crippen molar-refractivity contribution >= 4 is 45.8 Å². The van der Waals surface area contributed by atoms with Crippen molar-refractivity contribution in [2.45, 2.75) is 26.6 Å². The Morgan fingerprint density at radius 2 is 1.69 bits per heavy atom. The van der Waals surface area contributed by atoms with Gasteiger partial charge in [0.05, 0.1) is 29.2 Å². The molecular formula is C24H22Cl3N3O2. The highest BCUT2D eigenvalue weighted by Crippen LogP contribution is 2.38. The quantitative estimate of drug-likeness (QED) is 0.271. The third-order valence-corrected chi connectivity index (χ3v) is 5.84. The zero-order valence-corrected chi connectivity index (χ0v) is 19.7. The van der Waals surface area contributed by atoms with E-state index in [1.165, 1.54) is 0 Å². The molecular weight excluding hydrogens is 469 g/mol. The second-order valence-corrected chi connectivity index (χ2v) is 8.35. The minimum atomic E-state index is 0.182. The second-order valence-electron chi connectivity index (χ2n) is 7.13. The number of aromatic amines is 1. The molecule has 0 aliphatic carbocycles. The Morgan fingerprint density at radius 1 is 0.906 bits per heavy atom. The molecule has 0 unspecified atom stereocenters. The van der Waals surface area contributed by atoms with E-state index < -0.39 is 0 Å². The van der Waals surface area contributed by atoms with Crippen LogP contribution in [0.2, 0.25) is 15.1 Å². The van der Waals surface area contributed by atoms with Crippen molar-refractivity contribution in [3.05, 3.63) is 86.6 Å². The second kappa shape index (κ2) is 10.5. The lowest BCUT2D eigenvalue weighted by molar-refractivity contribution is 0.269. The Hall–Kier alpha value is -2.44. The first kappa shape index (κ1) is 22.7. The molecule has 1 heterocycles. The topological polar surface area (TPSA) is 59.2 Å². The van der Waals surface area contributed by atoms with Crippen LogP contribution in [0.3, 0.4) is 0 Å². The Morgan fingerprint density at radius 3 is 2.44 bits per heavy atom. The van der Waals surface area contributed by atoms with Gasteiger partial charge in [0, 0.05) is 22.2 Å². The number of halogens is 3. The summed E-state index contributed by atoms with van der Waals surface area (Å²) in [5.41, 5.74) is 3.64. The fraction of sp³-hybridized carbons (Fsp3) is 0.208. The molecule has 0 radical (unpaired) electrons.